The molecule has 0 saturated heterocycles. The van der Waals surface area contributed by atoms with Crippen molar-refractivity contribution in [1.82, 2.24) is 0 Å². The van der Waals surface area contributed by atoms with Crippen LogP contribution in [0.2, 0.25) is 0 Å². The van der Waals surface area contributed by atoms with E-state index in [4.69, 9.17) is 10.2 Å². The van der Waals surface area contributed by atoms with E-state index in [0.717, 1.165) is 0 Å². The fourth-order valence-electron chi connectivity index (χ4n) is 2.15. The number of hydrogen-bond donors (Lipinski definition) is 4. The van der Waals surface area contributed by atoms with Crippen LogP contribution in [0.4, 0.5) is 0 Å². The number of phenols is 2. The predicted molar refractivity (Wildman–Crippen MR) is 97.5 cm³/mol. The SMILES string of the molecule is O=C(CCCCC(=O)c1ccc(O)cc1)c1ccc(O)cc1.OCCO. The first-order valence-corrected chi connectivity index (χ1v) is 8.34. The van der Waals surface area contributed by atoms with Crippen molar-refractivity contribution in [2.75, 3.05) is 13.2 Å². The van der Waals surface area contributed by atoms with Crippen LogP contribution in [0, 0.1) is 0 Å². The fraction of sp³-hybridized carbons (Fsp3) is 0.300. The largest absolute Gasteiger partial charge is 0.508 e. The lowest BCUT2D eigenvalue weighted by Gasteiger charge is -2.03. The quantitative estimate of drug-likeness (QED) is 0.425. The van der Waals surface area contributed by atoms with E-state index in [-0.39, 0.29) is 36.3 Å². The van der Waals surface area contributed by atoms with E-state index in [9.17, 15) is 19.8 Å². The number of unbranched alkanes of at least 4 members (excludes halogenated alkanes) is 1. The average Bonchev–Trinajstić information content (AvgIpc) is 2.66. The number of carbonyl (C=O) groups excluding carboxylic acids is 2. The van der Waals surface area contributed by atoms with E-state index in [1.807, 2.05) is 0 Å². The first-order valence-electron chi connectivity index (χ1n) is 8.34. The van der Waals surface area contributed by atoms with Gasteiger partial charge in [-0.3, -0.25) is 9.59 Å². The van der Waals surface area contributed by atoms with Gasteiger partial charge < -0.3 is 20.4 Å². The van der Waals surface area contributed by atoms with Gasteiger partial charge in [-0.1, -0.05) is 0 Å². The molecule has 2 rings (SSSR count). The predicted octanol–water partition coefficient (Wildman–Crippen LogP) is 2.69. The molecule has 2 aromatic carbocycles. The lowest BCUT2D eigenvalue weighted by Crippen LogP contribution is -2.01. The van der Waals surface area contributed by atoms with Gasteiger partial charge in [0.05, 0.1) is 13.2 Å². The van der Waals surface area contributed by atoms with Crippen molar-refractivity contribution < 1.29 is 30.0 Å². The number of ketones is 2. The zero-order valence-electron chi connectivity index (χ0n) is 14.5. The second-order valence-electron chi connectivity index (χ2n) is 5.59. The Hall–Kier alpha value is -2.70. The maximum absolute atomic E-state index is 11.9. The van der Waals surface area contributed by atoms with Crippen LogP contribution in [-0.2, 0) is 0 Å². The third-order valence-electron chi connectivity index (χ3n) is 3.54. The number of carbonyl (C=O) groups is 2. The van der Waals surface area contributed by atoms with Gasteiger partial charge in [0.15, 0.2) is 11.6 Å². The lowest BCUT2D eigenvalue weighted by atomic mass is 10.0. The van der Waals surface area contributed by atoms with Crippen molar-refractivity contribution in [3.8, 4) is 11.5 Å². The van der Waals surface area contributed by atoms with Crippen LogP contribution in [0.15, 0.2) is 48.5 Å². The molecule has 0 atom stereocenters. The molecule has 0 aliphatic rings. The van der Waals surface area contributed by atoms with Crippen molar-refractivity contribution in [1.29, 1.82) is 0 Å². The van der Waals surface area contributed by atoms with Gasteiger partial charge >= 0.3 is 0 Å². The third-order valence-corrected chi connectivity index (χ3v) is 3.54. The number of aliphatic hydroxyl groups excluding tert-OH is 2. The molecule has 6 nitrogen and oxygen atoms in total. The Labute approximate surface area is 152 Å². The summed E-state index contributed by atoms with van der Waals surface area (Å²) >= 11 is 0. The van der Waals surface area contributed by atoms with Gasteiger partial charge in [-0.25, -0.2) is 0 Å². The standard InChI is InChI=1S/C18H18O4.C2H6O2/c19-15-9-5-13(6-10-15)17(21)3-1-2-4-18(22)14-7-11-16(20)12-8-14;3-1-2-4/h5-12,19-20H,1-4H2;3-4H,1-2H2. The van der Waals surface area contributed by atoms with E-state index in [1.165, 1.54) is 24.3 Å². The Kier molecular flexibility index (Phi) is 9.67. The molecule has 0 spiro atoms. The van der Waals surface area contributed by atoms with Crippen molar-refractivity contribution >= 4 is 11.6 Å². The molecule has 0 bridgehead atoms. The highest BCUT2D eigenvalue weighted by Crippen LogP contribution is 2.15. The first kappa shape index (κ1) is 21.3. The molecule has 0 heterocycles. The minimum Gasteiger partial charge on any atom is -0.508 e. The maximum Gasteiger partial charge on any atom is 0.162 e. The normalized spacial score (nSPS) is 9.92. The second-order valence-corrected chi connectivity index (χ2v) is 5.59. The summed E-state index contributed by atoms with van der Waals surface area (Å²) in [5, 5.41) is 33.6. The smallest absolute Gasteiger partial charge is 0.162 e. The zero-order valence-corrected chi connectivity index (χ0v) is 14.5. The minimum atomic E-state index is -0.125. The van der Waals surface area contributed by atoms with Crippen molar-refractivity contribution in [2.45, 2.75) is 25.7 Å². The Morgan fingerprint density at radius 2 is 0.923 bits per heavy atom. The zero-order chi connectivity index (χ0) is 19.4. The molecule has 0 aliphatic heterocycles. The van der Waals surface area contributed by atoms with Gasteiger partial charge in [0.2, 0.25) is 0 Å². The second kappa shape index (κ2) is 11.8. The molecule has 6 heteroatoms. The molecule has 2 aromatic rings. The number of benzene rings is 2. The molecular weight excluding hydrogens is 336 g/mol. The van der Waals surface area contributed by atoms with E-state index in [1.54, 1.807) is 24.3 Å². The van der Waals surface area contributed by atoms with Crippen LogP contribution < -0.4 is 0 Å². The summed E-state index contributed by atoms with van der Waals surface area (Å²) in [5.41, 5.74) is 1.14. The molecule has 140 valence electrons. The summed E-state index contributed by atoms with van der Waals surface area (Å²) in [5.74, 6) is 0.293. The summed E-state index contributed by atoms with van der Waals surface area (Å²) in [6.45, 7) is -0.250. The first-order chi connectivity index (χ1) is 12.5. The summed E-state index contributed by atoms with van der Waals surface area (Å²) in [6.07, 6.45) is 2.05. The Bertz CT molecular complexity index is 615. The summed E-state index contributed by atoms with van der Waals surface area (Å²) in [7, 11) is 0. The number of aliphatic hydroxyl groups is 2. The average molecular weight is 360 g/mol. The van der Waals surface area contributed by atoms with Gasteiger partial charge in [-0.15, -0.1) is 0 Å². The van der Waals surface area contributed by atoms with Crippen LogP contribution >= 0.6 is 0 Å². The molecule has 0 amide bonds. The van der Waals surface area contributed by atoms with Crippen molar-refractivity contribution in [3.63, 3.8) is 0 Å². The van der Waals surface area contributed by atoms with Gasteiger partial charge in [0.1, 0.15) is 11.5 Å². The molecule has 0 aromatic heterocycles. The third kappa shape index (κ3) is 7.92. The minimum absolute atomic E-state index is 0.0112. The monoisotopic (exact) mass is 360 g/mol. The maximum atomic E-state index is 11.9. The molecular formula is C20H24O6. The van der Waals surface area contributed by atoms with Crippen LogP contribution in [0.5, 0.6) is 11.5 Å². The van der Waals surface area contributed by atoms with E-state index in [0.29, 0.717) is 36.8 Å². The highest BCUT2D eigenvalue weighted by Gasteiger charge is 2.08. The van der Waals surface area contributed by atoms with Gasteiger partial charge in [0.25, 0.3) is 0 Å². The number of aromatic hydroxyl groups is 2. The van der Waals surface area contributed by atoms with Gasteiger partial charge in [-0.2, -0.15) is 0 Å². The lowest BCUT2D eigenvalue weighted by molar-refractivity contribution is 0.0954. The van der Waals surface area contributed by atoms with E-state index >= 15 is 0 Å². The van der Waals surface area contributed by atoms with E-state index < -0.39 is 0 Å². The summed E-state index contributed by atoms with van der Waals surface area (Å²) < 4.78 is 0. The Morgan fingerprint density at radius 1 is 0.615 bits per heavy atom. The number of hydrogen-bond acceptors (Lipinski definition) is 6. The summed E-state index contributed by atoms with van der Waals surface area (Å²) in [6, 6.07) is 12.3. The number of rotatable bonds is 8. The van der Waals surface area contributed by atoms with Crippen LogP contribution in [0.25, 0.3) is 0 Å². The van der Waals surface area contributed by atoms with Gasteiger partial charge in [-0.05, 0) is 61.4 Å². The van der Waals surface area contributed by atoms with Crippen molar-refractivity contribution in [3.05, 3.63) is 59.7 Å². The molecule has 4 N–H and O–H groups in total. The molecule has 0 radical (unpaired) electrons. The summed E-state index contributed by atoms with van der Waals surface area (Å²) in [4.78, 5) is 23.8. The Balaban J connectivity index is 0.000000765. The van der Waals surface area contributed by atoms with Crippen LogP contribution in [0.3, 0.4) is 0 Å². The molecule has 0 aliphatic carbocycles. The molecule has 0 unspecified atom stereocenters. The molecule has 26 heavy (non-hydrogen) atoms. The van der Waals surface area contributed by atoms with Gasteiger partial charge in [0, 0.05) is 24.0 Å². The fourth-order valence-corrected chi connectivity index (χ4v) is 2.15. The van der Waals surface area contributed by atoms with Crippen LogP contribution in [-0.4, -0.2) is 45.2 Å². The topological polar surface area (TPSA) is 115 Å². The highest BCUT2D eigenvalue weighted by atomic mass is 16.3. The number of phenolic OH excluding ortho intramolecular Hbond substituents is 2. The molecule has 0 saturated carbocycles. The van der Waals surface area contributed by atoms with E-state index in [2.05, 4.69) is 0 Å². The Morgan fingerprint density at radius 3 is 1.19 bits per heavy atom. The van der Waals surface area contributed by atoms with Crippen LogP contribution in [0.1, 0.15) is 46.4 Å². The van der Waals surface area contributed by atoms with Crippen molar-refractivity contribution in [2.24, 2.45) is 0 Å². The number of Topliss-reactive ketones (excluding diaryl/α,β-unsaturated/α-hetero) is 2. The molecule has 0 fully saturated rings. The highest BCUT2D eigenvalue weighted by molar-refractivity contribution is 5.97.